The molecule has 3 nitrogen and oxygen atoms in total. The maximum Gasteiger partial charge on any atom is 0.139 e. The van der Waals surface area contributed by atoms with Crippen LogP contribution in [0, 0.1) is 12.7 Å². The first-order chi connectivity index (χ1) is 7.66. The minimum absolute atomic E-state index is 0.250. The Morgan fingerprint density at radius 1 is 1.31 bits per heavy atom. The van der Waals surface area contributed by atoms with Gasteiger partial charge >= 0.3 is 0 Å². The summed E-state index contributed by atoms with van der Waals surface area (Å²) in [5.74, 6) is 1.46. The van der Waals surface area contributed by atoms with Crippen molar-refractivity contribution in [3.05, 3.63) is 39.6 Å². The van der Waals surface area contributed by atoms with E-state index < -0.39 is 0 Å². The first kappa shape index (κ1) is 9.96. The summed E-state index contributed by atoms with van der Waals surface area (Å²) in [6, 6.07) is 3.38. The van der Waals surface area contributed by atoms with Crippen molar-refractivity contribution >= 4 is 15.9 Å². The van der Waals surface area contributed by atoms with Crippen LogP contribution in [-0.2, 0) is 12.8 Å². The van der Waals surface area contributed by atoms with Gasteiger partial charge in [0.2, 0.25) is 0 Å². The van der Waals surface area contributed by atoms with E-state index in [0.29, 0.717) is 4.47 Å². The topological polar surface area (TPSA) is 30.7 Å². The first-order valence-electron chi connectivity index (χ1n) is 5.06. The second kappa shape index (κ2) is 3.38. The third kappa shape index (κ3) is 1.31. The SMILES string of the molecule is Cc1nnc2n1-c1cc(F)c(Br)cc1CC2. The lowest BCUT2D eigenvalue weighted by atomic mass is 10.0. The van der Waals surface area contributed by atoms with Crippen molar-refractivity contribution in [1.29, 1.82) is 0 Å². The molecular formula is C11H9BrFN3. The molecule has 82 valence electrons. The normalized spacial score (nSPS) is 13.4. The Morgan fingerprint density at radius 3 is 2.94 bits per heavy atom. The zero-order valence-corrected chi connectivity index (χ0v) is 10.3. The number of halogens is 2. The van der Waals surface area contributed by atoms with Crippen LogP contribution in [0.2, 0.25) is 0 Å². The van der Waals surface area contributed by atoms with Crippen molar-refractivity contribution in [1.82, 2.24) is 14.8 Å². The van der Waals surface area contributed by atoms with Crippen LogP contribution in [0.1, 0.15) is 17.2 Å². The lowest BCUT2D eigenvalue weighted by molar-refractivity contribution is 0.615. The van der Waals surface area contributed by atoms with E-state index >= 15 is 0 Å². The fraction of sp³-hybridized carbons (Fsp3) is 0.273. The fourth-order valence-electron chi connectivity index (χ4n) is 2.11. The lowest BCUT2D eigenvalue weighted by Crippen LogP contribution is -2.13. The Hall–Kier alpha value is -1.23. The van der Waals surface area contributed by atoms with Gasteiger partial charge in [0.1, 0.15) is 17.5 Å². The summed E-state index contributed by atoms with van der Waals surface area (Å²) in [5, 5.41) is 8.11. The number of aromatic nitrogens is 3. The molecule has 0 spiro atoms. The van der Waals surface area contributed by atoms with Crippen LogP contribution in [0.3, 0.4) is 0 Å². The van der Waals surface area contributed by atoms with E-state index in [1.54, 1.807) is 6.07 Å². The zero-order valence-electron chi connectivity index (χ0n) is 8.67. The predicted octanol–water partition coefficient (Wildman–Crippen LogP) is 2.58. The van der Waals surface area contributed by atoms with Gasteiger partial charge in [0.05, 0.1) is 10.2 Å². The van der Waals surface area contributed by atoms with Crippen LogP contribution in [0.25, 0.3) is 5.69 Å². The summed E-state index contributed by atoms with van der Waals surface area (Å²) >= 11 is 3.21. The second-order valence-corrected chi connectivity index (χ2v) is 4.75. The lowest BCUT2D eigenvalue weighted by Gasteiger charge is -2.19. The van der Waals surface area contributed by atoms with E-state index in [-0.39, 0.29) is 5.82 Å². The Morgan fingerprint density at radius 2 is 2.12 bits per heavy atom. The average Bonchev–Trinajstić information content (AvgIpc) is 2.63. The summed E-state index contributed by atoms with van der Waals surface area (Å²) < 4.78 is 16.0. The standard InChI is InChI=1S/C11H9BrFN3/c1-6-14-15-11-3-2-7-4-8(12)9(13)5-10(7)16(6)11/h4-5H,2-3H2,1H3. The van der Waals surface area contributed by atoms with Crippen molar-refractivity contribution < 1.29 is 4.39 Å². The van der Waals surface area contributed by atoms with Gasteiger partial charge in [-0.25, -0.2) is 4.39 Å². The fourth-order valence-corrected chi connectivity index (χ4v) is 2.50. The van der Waals surface area contributed by atoms with Crippen molar-refractivity contribution in [2.45, 2.75) is 19.8 Å². The van der Waals surface area contributed by atoms with Crippen molar-refractivity contribution in [2.75, 3.05) is 0 Å². The molecule has 16 heavy (non-hydrogen) atoms. The molecule has 5 heteroatoms. The largest absolute Gasteiger partial charge is 0.283 e. The van der Waals surface area contributed by atoms with E-state index in [1.165, 1.54) is 0 Å². The van der Waals surface area contributed by atoms with Gasteiger partial charge < -0.3 is 0 Å². The Bertz CT molecular complexity index is 577. The van der Waals surface area contributed by atoms with Gasteiger partial charge in [-0.15, -0.1) is 10.2 Å². The number of aryl methyl sites for hydroxylation is 3. The molecule has 0 saturated heterocycles. The van der Waals surface area contributed by atoms with Crippen LogP contribution in [-0.4, -0.2) is 14.8 Å². The maximum absolute atomic E-state index is 13.5. The highest BCUT2D eigenvalue weighted by atomic mass is 79.9. The first-order valence-corrected chi connectivity index (χ1v) is 5.85. The summed E-state index contributed by atoms with van der Waals surface area (Å²) in [6.45, 7) is 1.88. The van der Waals surface area contributed by atoms with Crippen LogP contribution in [0.5, 0.6) is 0 Å². The van der Waals surface area contributed by atoms with Crippen LogP contribution >= 0.6 is 15.9 Å². The van der Waals surface area contributed by atoms with Gasteiger partial charge in [0.25, 0.3) is 0 Å². The monoisotopic (exact) mass is 281 g/mol. The van der Waals surface area contributed by atoms with E-state index in [1.807, 2.05) is 17.6 Å². The quantitative estimate of drug-likeness (QED) is 0.743. The molecule has 0 bridgehead atoms. The molecule has 2 aromatic rings. The number of nitrogens with zero attached hydrogens (tertiary/aromatic N) is 3. The maximum atomic E-state index is 13.5. The molecule has 0 amide bonds. The molecule has 1 aromatic carbocycles. The Labute approximate surface area is 100 Å². The molecule has 0 radical (unpaired) electrons. The number of hydrogen-bond acceptors (Lipinski definition) is 2. The van der Waals surface area contributed by atoms with E-state index in [4.69, 9.17) is 0 Å². The van der Waals surface area contributed by atoms with Crippen LogP contribution < -0.4 is 0 Å². The third-order valence-corrected chi connectivity index (χ3v) is 3.48. The van der Waals surface area contributed by atoms with Crippen molar-refractivity contribution in [2.24, 2.45) is 0 Å². The minimum Gasteiger partial charge on any atom is -0.283 e. The summed E-state index contributed by atoms with van der Waals surface area (Å²) in [6.07, 6.45) is 1.73. The molecule has 0 aliphatic carbocycles. The number of benzene rings is 1. The Balaban J connectivity index is 2.31. The van der Waals surface area contributed by atoms with Crippen LogP contribution in [0.15, 0.2) is 16.6 Å². The molecule has 1 aliphatic rings. The molecule has 0 atom stereocenters. The van der Waals surface area contributed by atoms with Gasteiger partial charge in [-0.05, 0) is 47.0 Å². The summed E-state index contributed by atoms with van der Waals surface area (Å²) in [5.41, 5.74) is 1.99. The van der Waals surface area contributed by atoms with Crippen LogP contribution in [0.4, 0.5) is 4.39 Å². The highest BCUT2D eigenvalue weighted by Gasteiger charge is 2.20. The highest BCUT2D eigenvalue weighted by Crippen LogP contribution is 2.29. The van der Waals surface area contributed by atoms with Crippen molar-refractivity contribution in [3.8, 4) is 5.69 Å². The van der Waals surface area contributed by atoms with Gasteiger partial charge in [0, 0.05) is 6.42 Å². The molecule has 0 N–H and O–H groups in total. The molecule has 2 heterocycles. The number of hydrogen-bond donors (Lipinski definition) is 0. The third-order valence-electron chi connectivity index (χ3n) is 2.87. The molecule has 0 unspecified atom stereocenters. The van der Waals surface area contributed by atoms with Gasteiger partial charge in [-0.1, -0.05) is 0 Å². The Kier molecular flexibility index (Phi) is 2.10. The van der Waals surface area contributed by atoms with E-state index in [0.717, 1.165) is 35.7 Å². The predicted molar refractivity (Wildman–Crippen MR) is 61.2 cm³/mol. The molecular weight excluding hydrogens is 273 g/mol. The minimum atomic E-state index is -0.250. The summed E-state index contributed by atoms with van der Waals surface area (Å²) in [7, 11) is 0. The van der Waals surface area contributed by atoms with Gasteiger partial charge in [0.15, 0.2) is 0 Å². The molecule has 0 fully saturated rings. The molecule has 0 saturated carbocycles. The smallest absolute Gasteiger partial charge is 0.139 e. The number of fused-ring (bicyclic) bond motifs is 3. The average molecular weight is 282 g/mol. The highest BCUT2D eigenvalue weighted by molar-refractivity contribution is 9.10. The van der Waals surface area contributed by atoms with E-state index in [2.05, 4.69) is 26.1 Å². The summed E-state index contributed by atoms with van der Waals surface area (Å²) in [4.78, 5) is 0. The second-order valence-electron chi connectivity index (χ2n) is 3.89. The molecule has 1 aliphatic heterocycles. The van der Waals surface area contributed by atoms with Crippen molar-refractivity contribution in [3.63, 3.8) is 0 Å². The molecule has 1 aromatic heterocycles. The van der Waals surface area contributed by atoms with E-state index in [9.17, 15) is 4.39 Å². The zero-order chi connectivity index (χ0) is 11.3. The molecule has 3 rings (SSSR count). The van der Waals surface area contributed by atoms with Gasteiger partial charge in [-0.2, -0.15) is 0 Å². The van der Waals surface area contributed by atoms with Gasteiger partial charge in [-0.3, -0.25) is 4.57 Å². The number of rotatable bonds is 0.